The minimum Gasteiger partial charge on any atom is -0.298 e. The highest BCUT2D eigenvalue weighted by molar-refractivity contribution is 14.1. The molecular formula is C7H4ClF3INO. The first-order valence-electron chi connectivity index (χ1n) is 3.39. The van der Waals surface area contributed by atoms with Gasteiger partial charge in [-0.05, 0) is 6.07 Å². The fraction of sp³-hybridized carbons (Fsp3) is 0.286. The van der Waals surface area contributed by atoms with Gasteiger partial charge in [0.25, 0.3) is 0 Å². The van der Waals surface area contributed by atoms with Crippen molar-refractivity contribution in [3.63, 3.8) is 0 Å². The molecule has 1 atom stereocenters. The zero-order valence-corrected chi connectivity index (χ0v) is 9.47. The maximum absolute atomic E-state index is 12.3. The van der Waals surface area contributed by atoms with Crippen LogP contribution in [0.25, 0.3) is 0 Å². The van der Waals surface area contributed by atoms with Gasteiger partial charge in [0.15, 0.2) is 6.10 Å². The second-order valence-corrected chi connectivity index (χ2v) is 3.39. The number of hydrogen-bond acceptors (Lipinski definition) is 2. The minimum absolute atomic E-state index is 0.112. The van der Waals surface area contributed by atoms with Crippen LogP contribution in [0.5, 0.6) is 0 Å². The van der Waals surface area contributed by atoms with E-state index in [9.17, 15) is 13.2 Å². The molecule has 1 rings (SSSR count). The van der Waals surface area contributed by atoms with Crippen molar-refractivity contribution in [2.24, 2.45) is 0 Å². The van der Waals surface area contributed by atoms with E-state index in [1.807, 2.05) is 0 Å². The molecule has 0 aliphatic carbocycles. The van der Waals surface area contributed by atoms with E-state index in [2.05, 4.69) is 8.05 Å². The number of rotatable bonds is 2. The summed E-state index contributed by atoms with van der Waals surface area (Å²) in [6.07, 6.45) is -4.13. The average Bonchev–Trinajstić information content (AvgIpc) is 2.02. The Morgan fingerprint density at radius 1 is 1.43 bits per heavy atom. The fourth-order valence-electron chi connectivity index (χ4n) is 0.863. The Morgan fingerprint density at radius 2 is 2.07 bits per heavy atom. The standard InChI is InChI=1S/C7H4ClF3INO/c8-5-1-4(2-13-3-5)6(14-12)7(9,10)11/h1-3,6H. The lowest BCUT2D eigenvalue weighted by molar-refractivity contribution is -0.189. The molecule has 0 radical (unpaired) electrons. The van der Waals surface area contributed by atoms with Crippen molar-refractivity contribution in [3.8, 4) is 0 Å². The first kappa shape index (κ1) is 12.0. The quantitative estimate of drug-likeness (QED) is 0.768. The summed E-state index contributed by atoms with van der Waals surface area (Å²) in [6.45, 7) is 0. The Hall–Kier alpha value is -0.0800. The summed E-state index contributed by atoms with van der Waals surface area (Å²) in [4.78, 5) is 3.55. The van der Waals surface area contributed by atoms with Crippen LogP contribution in [0, 0.1) is 0 Å². The molecule has 0 aromatic carbocycles. The summed E-state index contributed by atoms with van der Waals surface area (Å²) < 4.78 is 41.3. The van der Waals surface area contributed by atoms with Gasteiger partial charge in [0.05, 0.1) is 5.02 Å². The molecule has 1 aromatic rings. The predicted molar refractivity (Wildman–Crippen MR) is 53.1 cm³/mol. The van der Waals surface area contributed by atoms with Crippen molar-refractivity contribution in [1.29, 1.82) is 0 Å². The predicted octanol–water partition coefficient (Wildman–Crippen LogP) is 3.71. The van der Waals surface area contributed by atoms with E-state index in [1.54, 1.807) is 0 Å². The second kappa shape index (κ2) is 4.63. The number of nitrogens with zero attached hydrogens (tertiary/aromatic N) is 1. The van der Waals surface area contributed by atoms with Gasteiger partial charge in [-0.3, -0.25) is 8.05 Å². The SMILES string of the molecule is FC(F)(F)C(OI)c1cncc(Cl)c1. The summed E-state index contributed by atoms with van der Waals surface area (Å²) in [5, 5.41) is 0.144. The van der Waals surface area contributed by atoms with E-state index in [-0.39, 0.29) is 10.6 Å². The van der Waals surface area contributed by atoms with Gasteiger partial charge in [-0.15, -0.1) is 0 Å². The number of pyridine rings is 1. The highest BCUT2D eigenvalue weighted by Gasteiger charge is 2.42. The lowest BCUT2D eigenvalue weighted by Crippen LogP contribution is -2.20. The molecule has 1 aromatic heterocycles. The molecule has 0 aliphatic rings. The Labute approximate surface area is 97.1 Å². The van der Waals surface area contributed by atoms with E-state index in [0.29, 0.717) is 0 Å². The third kappa shape index (κ3) is 2.96. The van der Waals surface area contributed by atoms with Gasteiger partial charge in [0, 0.05) is 18.0 Å². The molecule has 78 valence electrons. The highest BCUT2D eigenvalue weighted by Crippen LogP contribution is 2.37. The molecule has 7 heteroatoms. The molecule has 2 nitrogen and oxygen atoms in total. The fourth-order valence-corrected chi connectivity index (χ4v) is 1.63. The monoisotopic (exact) mass is 337 g/mol. The first-order valence-corrected chi connectivity index (χ1v) is 4.65. The van der Waals surface area contributed by atoms with Crippen LogP contribution >= 0.6 is 34.6 Å². The largest absolute Gasteiger partial charge is 0.419 e. The van der Waals surface area contributed by atoms with Gasteiger partial charge >= 0.3 is 6.18 Å². The van der Waals surface area contributed by atoms with Gasteiger partial charge in [0.2, 0.25) is 0 Å². The van der Waals surface area contributed by atoms with E-state index in [0.717, 1.165) is 6.20 Å². The number of halogens is 5. The van der Waals surface area contributed by atoms with Crippen LogP contribution < -0.4 is 0 Å². The van der Waals surface area contributed by atoms with Crippen molar-refractivity contribution >= 4 is 34.6 Å². The van der Waals surface area contributed by atoms with Gasteiger partial charge in [-0.25, -0.2) is 0 Å². The molecule has 0 saturated heterocycles. The molecule has 14 heavy (non-hydrogen) atoms. The number of aromatic nitrogens is 1. The molecule has 0 aliphatic heterocycles. The third-order valence-electron chi connectivity index (χ3n) is 1.42. The average molecular weight is 337 g/mol. The molecule has 0 amide bonds. The van der Waals surface area contributed by atoms with Crippen LogP contribution in [0.3, 0.4) is 0 Å². The Bertz CT molecular complexity index is 320. The van der Waals surface area contributed by atoms with Crippen LogP contribution in [-0.4, -0.2) is 11.2 Å². The maximum Gasteiger partial charge on any atom is 0.419 e. The van der Waals surface area contributed by atoms with Crippen LogP contribution in [-0.2, 0) is 3.07 Å². The summed E-state index contributed by atoms with van der Waals surface area (Å²) in [5.74, 6) is 0. The molecule has 0 spiro atoms. The second-order valence-electron chi connectivity index (χ2n) is 2.45. The molecular weight excluding hydrogens is 333 g/mol. The normalized spacial score (nSPS) is 14.1. The van der Waals surface area contributed by atoms with Crippen LogP contribution in [0.15, 0.2) is 18.5 Å². The van der Waals surface area contributed by atoms with Crippen LogP contribution in [0.2, 0.25) is 5.02 Å². The molecule has 0 N–H and O–H groups in total. The molecule has 0 saturated carbocycles. The van der Waals surface area contributed by atoms with Gasteiger partial charge in [-0.2, -0.15) is 13.2 Å². The topological polar surface area (TPSA) is 22.1 Å². The molecule has 0 bridgehead atoms. The van der Waals surface area contributed by atoms with Crippen molar-refractivity contribution in [2.45, 2.75) is 12.3 Å². The first-order chi connectivity index (χ1) is 6.45. The van der Waals surface area contributed by atoms with E-state index < -0.39 is 12.3 Å². The summed E-state index contributed by atoms with van der Waals surface area (Å²) in [5.41, 5.74) is -0.112. The lowest BCUT2D eigenvalue weighted by Gasteiger charge is -2.17. The smallest absolute Gasteiger partial charge is 0.298 e. The van der Waals surface area contributed by atoms with E-state index in [1.165, 1.54) is 35.3 Å². The van der Waals surface area contributed by atoms with E-state index >= 15 is 0 Å². The molecule has 0 fully saturated rings. The van der Waals surface area contributed by atoms with Crippen molar-refractivity contribution in [1.82, 2.24) is 4.98 Å². The van der Waals surface area contributed by atoms with Crippen molar-refractivity contribution in [2.75, 3.05) is 0 Å². The Kier molecular flexibility index (Phi) is 3.96. The van der Waals surface area contributed by atoms with Gasteiger partial charge < -0.3 is 0 Å². The minimum atomic E-state index is -4.46. The highest BCUT2D eigenvalue weighted by atomic mass is 127. The van der Waals surface area contributed by atoms with Crippen LogP contribution in [0.1, 0.15) is 11.7 Å². The van der Waals surface area contributed by atoms with Crippen molar-refractivity contribution in [3.05, 3.63) is 29.0 Å². The van der Waals surface area contributed by atoms with Crippen LogP contribution in [0.4, 0.5) is 13.2 Å². The summed E-state index contributed by atoms with van der Waals surface area (Å²) >= 11 is 6.71. The Morgan fingerprint density at radius 3 is 2.50 bits per heavy atom. The third-order valence-corrected chi connectivity index (χ3v) is 2.13. The maximum atomic E-state index is 12.3. The number of hydrogen-bond donors (Lipinski definition) is 0. The van der Waals surface area contributed by atoms with Gasteiger partial charge in [-0.1, -0.05) is 11.6 Å². The molecule has 1 heterocycles. The summed E-state index contributed by atoms with van der Waals surface area (Å²) in [7, 11) is 0. The lowest BCUT2D eigenvalue weighted by atomic mass is 10.1. The number of alkyl halides is 3. The summed E-state index contributed by atoms with van der Waals surface area (Å²) in [6, 6.07) is 1.17. The molecule has 1 unspecified atom stereocenters. The Balaban J connectivity index is 3.01. The van der Waals surface area contributed by atoms with E-state index in [4.69, 9.17) is 11.6 Å². The van der Waals surface area contributed by atoms with Crippen molar-refractivity contribution < 1.29 is 16.2 Å². The van der Waals surface area contributed by atoms with Gasteiger partial charge in [0.1, 0.15) is 23.0 Å². The zero-order chi connectivity index (χ0) is 10.8. The zero-order valence-electron chi connectivity index (χ0n) is 6.55.